The van der Waals surface area contributed by atoms with Gasteiger partial charge < -0.3 is 13.9 Å². The van der Waals surface area contributed by atoms with Gasteiger partial charge in [-0.1, -0.05) is 185 Å². The zero-order chi connectivity index (χ0) is 46.2. The first kappa shape index (κ1) is 39.7. The van der Waals surface area contributed by atoms with Crippen molar-refractivity contribution in [1.82, 2.24) is 4.57 Å². The third kappa shape index (κ3) is 5.74. The number of furan rings is 1. The van der Waals surface area contributed by atoms with Crippen LogP contribution in [-0.4, -0.2) is 4.57 Å². The molecule has 12 aromatic rings. The summed E-state index contributed by atoms with van der Waals surface area (Å²) in [4.78, 5) is 2.40. The van der Waals surface area contributed by atoms with E-state index in [-0.39, 0.29) is 10.8 Å². The van der Waals surface area contributed by atoms with E-state index in [1.807, 2.05) is 0 Å². The van der Waals surface area contributed by atoms with Crippen LogP contribution in [-0.2, 0) is 10.8 Å². The average Bonchev–Trinajstić information content (AvgIpc) is 4.07. The van der Waals surface area contributed by atoms with Crippen molar-refractivity contribution in [3.05, 3.63) is 241 Å². The van der Waals surface area contributed by atoms with Gasteiger partial charge in [0.05, 0.1) is 16.7 Å². The zero-order valence-corrected chi connectivity index (χ0v) is 39.1. The van der Waals surface area contributed by atoms with Gasteiger partial charge in [-0.15, -0.1) is 0 Å². The maximum atomic E-state index is 7.20. The summed E-state index contributed by atoms with van der Waals surface area (Å²) >= 11 is 0. The average molecular weight is 885 g/mol. The summed E-state index contributed by atoms with van der Waals surface area (Å²) in [5.74, 6) is 0. The first-order chi connectivity index (χ1) is 33.7. The Bertz CT molecular complexity index is 4050. The van der Waals surface area contributed by atoms with E-state index in [1.165, 1.54) is 77.4 Å². The Balaban J connectivity index is 0.894. The number of nitrogens with zero attached hydrogens (tertiary/aromatic N) is 2. The molecule has 0 radical (unpaired) electrons. The molecule has 14 rings (SSSR count). The van der Waals surface area contributed by atoms with Crippen LogP contribution in [0.2, 0.25) is 0 Å². The van der Waals surface area contributed by atoms with Crippen molar-refractivity contribution < 1.29 is 4.42 Å². The fourth-order valence-corrected chi connectivity index (χ4v) is 12.1. The van der Waals surface area contributed by atoms with Crippen LogP contribution in [0.4, 0.5) is 17.1 Å². The fraction of sp³-hybridized carbons (Fsp3) is 0.0909. The monoisotopic (exact) mass is 884 g/mol. The maximum Gasteiger partial charge on any atom is 0.159 e. The molecule has 2 aliphatic carbocycles. The number of para-hydroxylation sites is 3. The van der Waals surface area contributed by atoms with Crippen LogP contribution in [0.25, 0.3) is 93.9 Å². The van der Waals surface area contributed by atoms with Crippen LogP contribution in [0.3, 0.4) is 0 Å². The van der Waals surface area contributed by atoms with Crippen LogP contribution >= 0.6 is 0 Å². The third-order valence-electron chi connectivity index (χ3n) is 15.6. The van der Waals surface area contributed by atoms with Crippen LogP contribution < -0.4 is 4.90 Å². The minimum Gasteiger partial charge on any atom is -0.453 e. The Kier molecular flexibility index (Phi) is 8.38. The summed E-state index contributed by atoms with van der Waals surface area (Å²) in [6.45, 7) is 9.42. The molecule has 0 saturated heterocycles. The number of rotatable bonds is 6. The molecule has 0 saturated carbocycles. The zero-order valence-electron chi connectivity index (χ0n) is 39.1. The van der Waals surface area contributed by atoms with Gasteiger partial charge in [-0.25, -0.2) is 0 Å². The number of fused-ring (bicyclic) bond motifs is 12. The molecular weight excluding hydrogens is 837 g/mol. The van der Waals surface area contributed by atoms with E-state index in [4.69, 9.17) is 4.42 Å². The van der Waals surface area contributed by atoms with E-state index in [9.17, 15) is 0 Å². The highest BCUT2D eigenvalue weighted by Gasteiger charge is 2.37. The van der Waals surface area contributed by atoms with Gasteiger partial charge in [0.1, 0.15) is 5.58 Å². The molecule has 69 heavy (non-hydrogen) atoms. The topological polar surface area (TPSA) is 21.3 Å². The Labute approximate surface area is 402 Å². The van der Waals surface area contributed by atoms with Crippen molar-refractivity contribution >= 4 is 60.8 Å². The molecule has 2 aromatic heterocycles. The summed E-state index contributed by atoms with van der Waals surface area (Å²) in [6, 6.07) is 80.3. The molecular formula is C66H48N2O. The molecule has 0 N–H and O–H groups in total. The molecule has 0 unspecified atom stereocenters. The van der Waals surface area contributed by atoms with E-state index >= 15 is 0 Å². The second-order valence-corrected chi connectivity index (χ2v) is 20.1. The smallest absolute Gasteiger partial charge is 0.159 e. The number of hydrogen-bond acceptors (Lipinski definition) is 2. The lowest BCUT2D eigenvalue weighted by Crippen LogP contribution is -2.16. The van der Waals surface area contributed by atoms with Crippen LogP contribution in [0.1, 0.15) is 49.9 Å². The Morgan fingerprint density at radius 2 is 0.855 bits per heavy atom. The molecule has 3 nitrogen and oxygen atoms in total. The molecule has 0 bridgehead atoms. The van der Waals surface area contributed by atoms with Gasteiger partial charge in [0.25, 0.3) is 0 Å². The van der Waals surface area contributed by atoms with Crippen LogP contribution in [0, 0.1) is 0 Å². The van der Waals surface area contributed by atoms with Crippen molar-refractivity contribution in [3.8, 4) is 50.2 Å². The van der Waals surface area contributed by atoms with Crippen molar-refractivity contribution in [3.63, 3.8) is 0 Å². The molecule has 0 fully saturated rings. The van der Waals surface area contributed by atoms with E-state index in [2.05, 4.69) is 256 Å². The van der Waals surface area contributed by atoms with E-state index in [0.29, 0.717) is 0 Å². The van der Waals surface area contributed by atoms with Gasteiger partial charge in [-0.05, 0) is 122 Å². The molecule has 0 aliphatic heterocycles. The first-order valence-corrected chi connectivity index (χ1v) is 24.2. The van der Waals surface area contributed by atoms with Gasteiger partial charge in [0.15, 0.2) is 5.58 Å². The number of aromatic nitrogens is 1. The minimum atomic E-state index is -0.120. The van der Waals surface area contributed by atoms with Gasteiger partial charge >= 0.3 is 0 Å². The summed E-state index contributed by atoms with van der Waals surface area (Å²) in [5, 5.41) is 4.70. The van der Waals surface area contributed by atoms with Gasteiger partial charge in [0.2, 0.25) is 0 Å². The third-order valence-corrected chi connectivity index (χ3v) is 15.6. The van der Waals surface area contributed by atoms with Gasteiger partial charge in [-0.3, -0.25) is 0 Å². The molecule has 0 spiro atoms. The Morgan fingerprint density at radius 1 is 0.333 bits per heavy atom. The summed E-state index contributed by atoms with van der Waals surface area (Å²) in [6.07, 6.45) is 0. The molecule has 0 atom stereocenters. The fourth-order valence-electron chi connectivity index (χ4n) is 12.1. The van der Waals surface area contributed by atoms with Crippen LogP contribution in [0.15, 0.2) is 223 Å². The quantitative estimate of drug-likeness (QED) is 0.166. The van der Waals surface area contributed by atoms with Gasteiger partial charge in [-0.2, -0.15) is 0 Å². The SMILES string of the molecule is CC1(C)c2ccccc2-c2ccc(N(c3ccc(-c4ccccc4)cc3)c3ccc(-c4cccc5c4oc4c(-n6c7ccccc7c7cc8c(cc76)C(C)(C)c6ccccc6-8)cccc45)cc3)cc21. The predicted octanol–water partition coefficient (Wildman–Crippen LogP) is 18.1. The highest BCUT2D eigenvalue weighted by molar-refractivity contribution is 6.15. The predicted molar refractivity (Wildman–Crippen MR) is 289 cm³/mol. The van der Waals surface area contributed by atoms with Gasteiger partial charge in [0, 0.05) is 55.0 Å². The summed E-state index contributed by atoms with van der Waals surface area (Å²) in [7, 11) is 0. The lowest BCUT2D eigenvalue weighted by molar-refractivity contribution is 0.660. The van der Waals surface area contributed by atoms with E-state index in [0.717, 1.165) is 55.8 Å². The molecule has 0 amide bonds. The largest absolute Gasteiger partial charge is 0.453 e. The molecule has 10 aromatic carbocycles. The second kappa shape index (κ2) is 14.6. The number of benzene rings is 10. The van der Waals surface area contributed by atoms with Crippen molar-refractivity contribution in [2.45, 2.75) is 38.5 Å². The highest BCUT2D eigenvalue weighted by Crippen LogP contribution is 2.53. The summed E-state index contributed by atoms with van der Waals surface area (Å²) in [5.41, 5.74) is 23.6. The molecule has 2 heterocycles. The lowest BCUT2D eigenvalue weighted by atomic mass is 9.82. The number of anilines is 3. The van der Waals surface area contributed by atoms with Crippen molar-refractivity contribution in [2.75, 3.05) is 4.90 Å². The lowest BCUT2D eigenvalue weighted by Gasteiger charge is -2.28. The summed E-state index contributed by atoms with van der Waals surface area (Å²) < 4.78 is 9.63. The van der Waals surface area contributed by atoms with Crippen molar-refractivity contribution in [2.24, 2.45) is 0 Å². The molecule has 2 aliphatic rings. The standard InChI is InChI=1S/C66H48N2O/c1-65(2)56-24-11-8-18-48(56)50-37-36-46(38-58(50)65)67(44-32-28-42(29-33-44)41-16-6-5-7-17-41)45-34-30-43(31-35-45)47-21-14-22-52-53-23-15-27-61(64(53)69-63(47)52)68-60-26-13-10-20-51(60)55-39-54-49-19-9-12-25-57(49)66(3,4)59(54)40-62(55)68/h5-40H,1-4H3. The maximum absolute atomic E-state index is 7.20. The minimum absolute atomic E-state index is 0.119. The van der Waals surface area contributed by atoms with E-state index < -0.39 is 0 Å². The first-order valence-electron chi connectivity index (χ1n) is 24.2. The Morgan fingerprint density at radius 3 is 1.58 bits per heavy atom. The highest BCUT2D eigenvalue weighted by atomic mass is 16.3. The van der Waals surface area contributed by atoms with Crippen molar-refractivity contribution in [1.29, 1.82) is 0 Å². The van der Waals surface area contributed by atoms with Crippen LogP contribution in [0.5, 0.6) is 0 Å². The second-order valence-electron chi connectivity index (χ2n) is 20.1. The van der Waals surface area contributed by atoms with E-state index in [1.54, 1.807) is 0 Å². The molecule has 328 valence electrons. The Hall–Kier alpha value is -8.40. The number of hydrogen-bond donors (Lipinski definition) is 0. The normalized spacial score (nSPS) is 14.0. The molecule has 3 heteroatoms.